The lowest BCUT2D eigenvalue weighted by atomic mass is 10.6. The number of ether oxygens (including phenoxy) is 1. The van der Waals surface area contributed by atoms with Gasteiger partial charge in [-0.3, -0.25) is 14.6 Å². The molecule has 88 valence electrons. The first-order valence-electron chi connectivity index (χ1n) is 4.38. The maximum absolute atomic E-state index is 11.1. The van der Waals surface area contributed by atoms with Crippen LogP contribution in [-0.4, -0.2) is 40.8 Å². The Hall–Kier alpha value is -2.16. The molecule has 0 saturated heterocycles. The summed E-state index contributed by atoms with van der Waals surface area (Å²) in [6.45, 7) is 0.260. The summed E-state index contributed by atoms with van der Waals surface area (Å²) in [5.74, 6) is -0.595. The first-order chi connectivity index (χ1) is 7.59. The van der Waals surface area contributed by atoms with E-state index < -0.39 is 17.2 Å². The van der Waals surface area contributed by atoms with Crippen molar-refractivity contribution in [1.82, 2.24) is 15.2 Å². The van der Waals surface area contributed by atoms with Crippen LogP contribution in [-0.2, 0) is 9.53 Å². The molecule has 16 heavy (non-hydrogen) atoms. The van der Waals surface area contributed by atoms with E-state index in [0.29, 0.717) is 0 Å². The molecular formula is C7H11N5O4. The standard InChI is InChI=1S/C7H11N5O4/c8-4(13)3-16-2-1-9-5-6(14)10-7(15)12-11-5/h1-3H2,(H2,8,13)(H,9,11)(H2,10,12,14,15). The van der Waals surface area contributed by atoms with E-state index in [9.17, 15) is 14.4 Å². The van der Waals surface area contributed by atoms with Crippen molar-refractivity contribution in [3.63, 3.8) is 0 Å². The van der Waals surface area contributed by atoms with E-state index in [1.165, 1.54) is 0 Å². The van der Waals surface area contributed by atoms with E-state index in [2.05, 4.69) is 15.5 Å². The number of rotatable bonds is 6. The van der Waals surface area contributed by atoms with Crippen molar-refractivity contribution in [3.8, 4) is 0 Å². The third kappa shape index (κ3) is 3.92. The number of amides is 1. The normalized spacial score (nSPS) is 10.0. The second-order valence-corrected chi connectivity index (χ2v) is 2.80. The highest BCUT2D eigenvalue weighted by atomic mass is 16.5. The Balaban J connectivity index is 2.35. The number of aromatic nitrogens is 3. The molecule has 1 aromatic heterocycles. The number of hydrogen-bond donors (Lipinski definition) is 4. The van der Waals surface area contributed by atoms with E-state index in [1.54, 1.807) is 0 Å². The predicted octanol–water partition coefficient (Wildman–Crippen LogP) is -2.63. The number of primary amides is 1. The zero-order valence-corrected chi connectivity index (χ0v) is 8.28. The molecule has 9 nitrogen and oxygen atoms in total. The third-order valence-corrected chi connectivity index (χ3v) is 1.49. The lowest BCUT2D eigenvalue weighted by Gasteiger charge is -2.03. The summed E-state index contributed by atoms with van der Waals surface area (Å²) in [5, 5.41) is 8.14. The molecule has 0 aliphatic carbocycles. The molecule has 0 fully saturated rings. The largest absolute Gasteiger partial charge is 0.370 e. The number of nitrogens with zero attached hydrogens (tertiary/aromatic N) is 1. The fourth-order valence-corrected chi connectivity index (χ4v) is 0.882. The first kappa shape index (κ1) is 11.9. The molecular weight excluding hydrogens is 218 g/mol. The second-order valence-electron chi connectivity index (χ2n) is 2.80. The topological polar surface area (TPSA) is 143 Å². The second kappa shape index (κ2) is 5.66. The average Bonchev–Trinajstić information content (AvgIpc) is 2.20. The molecule has 0 unspecified atom stereocenters. The molecule has 0 aromatic carbocycles. The molecule has 1 aromatic rings. The van der Waals surface area contributed by atoms with Gasteiger partial charge < -0.3 is 15.8 Å². The summed E-state index contributed by atoms with van der Waals surface area (Å²) in [7, 11) is 0. The Morgan fingerprint density at radius 3 is 2.88 bits per heavy atom. The highest BCUT2D eigenvalue weighted by Gasteiger charge is 2.00. The number of anilines is 1. The molecule has 9 heteroatoms. The molecule has 0 aliphatic heterocycles. The van der Waals surface area contributed by atoms with Gasteiger partial charge in [-0.2, -0.15) is 0 Å². The summed E-state index contributed by atoms with van der Waals surface area (Å²) < 4.78 is 4.83. The molecule has 5 N–H and O–H groups in total. The smallest absolute Gasteiger partial charge is 0.342 e. The number of aromatic amines is 2. The SMILES string of the molecule is NC(=O)COCCNc1n[nH]c(=O)[nH]c1=O. The molecule has 0 spiro atoms. The Morgan fingerprint density at radius 2 is 2.25 bits per heavy atom. The highest BCUT2D eigenvalue weighted by Crippen LogP contribution is 1.85. The maximum Gasteiger partial charge on any atom is 0.342 e. The number of H-pyrrole nitrogens is 2. The maximum atomic E-state index is 11.1. The molecule has 0 radical (unpaired) electrons. The van der Waals surface area contributed by atoms with E-state index in [-0.39, 0.29) is 25.6 Å². The summed E-state index contributed by atoms with van der Waals surface area (Å²) in [6, 6.07) is 0. The number of carbonyl (C=O) groups is 1. The third-order valence-electron chi connectivity index (χ3n) is 1.49. The zero-order chi connectivity index (χ0) is 12.0. The van der Waals surface area contributed by atoms with Crippen molar-refractivity contribution in [2.45, 2.75) is 0 Å². The Labute approximate surface area is 89.0 Å². The lowest BCUT2D eigenvalue weighted by Crippen LogP contribution is -2.28. The van der Waals surface area contributed by atoms with Crippen LogP contribution >= 0.6 is 0 Å². The fourth-order valence-electron chi connectivity index (χ4n) is 0.882. The molecule has 1 amide bonds. The van der Waals surface area contributed by atoms with Gasteiger partial charge in [-0.1, -0.05) is 0 Å². The summed E-state index contributed by atoms with van der Waals surface area (Å²) >= 11 is 0. The fraction of sp³-hybridized carbons (Fsp3) is 0.429. The Morgan fingerprint density at radius 1 is 1.50 bits per heavy atom. The summed E-state index contributed by atoms with van der Waals surface area (Å²) in [6.07, 6.45) is 0. The van der Waals surface area contributed by atoms with Gasteiger partial charge in [-0.15, -0.1) is 5.10 Å². The van der Waals surface area contributed by atoms with Gasteiger partial charge in [0.25, 0.3) is 5.56 Å². The zero-order valence-electron chi connectivity index (χ0n) is 8.28. The van der Waals surface area contributed by atoms with E-state index in [4.69, 9.17) is 10.5 Å². The van der Waals surface area contributed by atoms with Crippen LogP contribution in [0, 0.1) is 0 Å². The van der Waals surface area contributed by atoms with Crippen LogP contribution in [0.2, 0.25) is 0 Å². The van der Waals surface area contributed by atoms with Crippen molar-refractivity contribution in [2.24, 2.45) is 5.73 Å². The monoisotopic (exact) mass is 229 g/mol. The number of carbonyl (C=O) groups excluding carboxylic acids is 1. The minimum Gasteiger partial charge on any atom is -0.370 e. The van der Waals surface area contributed by atoms with E-state index >= 15 is 0 Å². The Bertz CT molecular complexity index is 464. The van der Waals surface area contributed by atoms with Crippen LogP contribution in [0.25, 0.3) is 0 Å². The van der Waals surface area contributed by atoms with Crippen molar-refractivity contribution < 1.29 is 9.53 Å². The van der Waals surface area contributed by atoms with Gasteiger partial charge in [-0.05, 0) is 0 Å². The molecule has 0 atom stereocenters. The van der Waals surface area contributed by atoms with Crippen LogP contribution in [0.4, 0.5) is 5.82 Å². The number of hydrogen-bond acceptors (Lipinski definition) is 6. The molecule has 0 bridgehead atoms. The van der Waals surface area contributed by atoms with Crippen LogP contribution < -0.4 is 22.3 Å². The van der Waals surface area contributed by atoms with Crippen molar-refractivity contribution in [3.05, 3.63) is 20.8 Å². The van der Waals surface area contributed by atoms with Gasteiger partial charge in [0.2, 0.25) is 11.7 Å². The first-order valence-corrected chi connectivity index (χ1v) is 4.38. The molecule has 1 heterocycles. The van der Waals surface area contributed by atoms with Gasteiger partial charge >= 0.3 is 5.69 Å². The van der Waals surface area contributed by atoms with Crippen LogP contribution in [0.1, 0.15) is 0 Å². The highest BCUT2D eigenvalue weighted by molar-refractivity contribution is 5.74. The van der Waals surface area contributed by atoms with Crippen LogP contribution in [0.3, 0.4) is 0 Å². The Kier molecular flexibility index (Phi) is 4.21. The van der Waals surface area contributed by atoms with Crippen molar-refractivity contribution in [2.75, 3.05) is 25.1 Å². The van der Waals surface area contributed by atoms with Crippen molar-refractivity contribution >= 4 is 11.7 Å². The summed E-state index contributed by atoms with van der Waals surface area (Å²) in [4.78, 5) is 34.0. The van der Waals surface area contributed by atoms with Crippen LogP contribution in [0.5, 0.6) is 0 Å². The minimum atomic E-state index is -0.680. The molecule has 0 aliphatic rings. The predicted molar refractivity (Wildman–Crippen MR) is 54.0 cm³/mol. The van der Waals surface area contributed by atoms with Crippen molar-refractivity contribution in [1.29, 1.82) is 0 Å². The lowest BCUT2D eigenvalue weighted by molar-refractivity contribution is -0.122. The number of nitrogens with two attached hydrogens (primary N) is 1. The minimum absolute atomic E-state index is 0.0257. The molecule has 1 rings (SSSR count). The van der Waals surface area contributed by atoms with Crippen LogP contribution in [0.15, 0.2) is 9.59 Å². The average molecular weight is 229 g/mol. The van der Waals surface area contributed by atoms with E-state index in [0.717, 1.165) is 0 Å². The molecule has 0 saturated carbocycles. The van der Waals surface area contributed by atoms with Gasteiger partial charge in [0, 0.05) is 6.54 Å². The van der Waals surface area contributed by atoms with Gasteiger partial charge in [0.05, 0.1) is 6.61 Å². The van der Waals surface area contributed by atoms with Gasteiger partial charge in [-0.25, -0.2) is 9.89 Å². The number of nitrogens with one attached hydrogen (secondary N) is 3. The summed E-state index contributed by atoms with van der Waals surface area (Å²) in [5.41, 5.74) is 3.53. The quantitative estimate of drug-likeness (QED) is 0.393. The van der Waals surface area contributed by atoms with Gasteiger partial charge in [0.1, 0.15) is 6.61 Å². The van der Waals surface area contributed by atoms with Gasteiger partial charge in [0.15, 0.2) is 0 Å². The van der Waals surface area contributed by atoms with E-state index in [1.807, 2.05) is 4.98 Å².